The fourth-order valence-corrected chi connectivity index (χ4v) is 3.67. The van der Waals surface area contributed by atoms with Crippen LogP contribution in [-0.4, -0.2) is 54.0 Å². The van der Waals surface area contributed by atoms with E-state index >= 15 is 0 Å². The lowest BCUT2D eigenvalue weighted by molar-refractivity contribution is 0.0762. The van der Waals surface area contributed by atoms with Gasteiger partial charge in [0.15, 0.2) is 0 Å². The molecule has 1 N–H and O–H groups in total. The van der Waals surface area contributed by atoms with E-state index in [1.165, 1.54) is 36.4 Å². The molecule has 0 radical (unpaired) electrons. The van der Waals surface area contributed by atoms with Crippen LogP contribution in [0.4, 0.5) is 13.6 Å². The quantitative estimate of drug-likeness (QED) is 0.827. The van der Waals surface area contributed by atoms with Crippen LogP contribution in [0.15, 0.2) is 42.5 Å². The Morgan fingerprint density at radius 1 is 0.967 bits per heavy atom. The van der Waals surface area contributed by atoms with Crippen molar-refractivity contribution in [3.05, 3.63) is 70.8 Å². The van der Waals surface area contributed by atoms with Crippen LogP contribution in [0.5, 0.6) is 0 Å². The number of urea groups is 1. The van der Waals surface area contributed by atoms with Crippen molar-refractivity contribution >= 4 is 11.9 Å². The molecule has 7 heteroatoms. The second-order valence-corrected chi connectivity index (χ2v) is 7.77. The molecule has 5 nitrogen and oxygen atoms in total. The average Bonchev–Trinajstić information content (AvgIpc) is 2.96. The number of hydrogen-bond donors (Lipinski definition) is 1. The van der Waals surface area contributed by atoms with E-state index in [9.17, 15) is 18.4 Å². The molecule has 30 heavy (non-hydrogen) atoms. The standard InChI is InChI=1S/C23H27F2N3O2/c1-16-14-21(25)9-6-19(16)15-17(2)26-23(30)28-11-3-10-27(12-13-28)22(29)18-4-7-20(24)8-5-18/h4-9,14,17H,3,10-13,15H2,1-2H3,(H,26,30). The normalized spacial score (nSPS) is 15.5. The zero-order valence-corrected chi connectivity index (χ0v) is 17.3. The number of nitrogens with zero attached hydrogens (tertiary/aromatic N) is 2. The summed E-state index contributed by atoms with van der Waals surface area (Å²) >= 11 is 0. The Morgan fingerprint density at radius 2 is 1.60 bits per heavy atom. The van der Waals surface area contributed by atoms with Crippen molar-refractivity contribution in [1.82, 2.24) is 15.1 Å². The molecular weight excluding hydrogens is 388 g/mol. The number of benzene rings is 2. The fraction of sp³-hybridized carbons (Fsp3) is 0.391. The molecule has 1 heterocycles. The number of halogens is 2. The van der Waals surface area contributed by atoms with Gasteiger partial charge in [-0.1, -0.05) is 6.07 Å². The maximum Gasteiger partial charge on any atom is 0.317 e. The topological polar surface area (TPSA) is 52.7 Å². The molecule has 1 aliphatic heterocycles. The van der Waals surface area contributed by atoms with Crippen LogP contribution in [0.2, 0.25) is 0 Å². The molecule has 1 unspecified atom stereocenters. The molecule has 3 rings (SSSR count). The molecule has 0 aromatic heterocycles. The summed E-state index contributed by atoms with van der Waals surface area (Å²) in [7, 11) is 0. The number of amides is 3. The van der Waals surface area contributed by atoms with Crippen molar-refractivity contribution in [1.29, 1.82) is 0 Å². The molecule has 1 fully saturated rings. The predicted molar refractivity (Wildman–Crippen MR) is 111 cm³/mol. The molecular formula is C23H27F2N3O2. The third-order valence-electron chi connectivity index (χ3n) is 5.36. The molecule has 3 amide bonds. The van der Waals surface area contributed by atoms with Crippen molar-refractivity contribution in [2.45, 2.75) is 32.7 Å². The summed E-state index contributed by atoms with van der Waals surface area (Å²) in [6.07, 6.45) is 1.28. The van der Waals surface area contributed by atoms with E-state index in [0.29, 0.717) is 44.6 Å². The SMILES string of the molecule is Cc1cc(F)ccc1CC(C)NC(=O)N1CCCN(C(=O)c2ccc(F)cc2)CC1. The van der Waals surface area contributed by atoms with Crippen LogP contribution in [-0.2, 0) is 6.42 Å². The van der Waals surface area contributed by atoms with Crippen molar-refractivity contribution in [3.8, 4) is 0 Å². The smallest absolute Gasteiger partial charge is 0.317 e. The Labute approximate surface area is 175 Å². The summed E-state index contributed by atoms with van der Waals surface area (Å²) in [5.41, 5.74) is 2.30. The van der Waals surface area contributed by atoms with Gasteiger partial charge in [-0.25, -0.2) is 13.6 Å². The number of nitrogens with one attached hydrogen (secondary N) is 1. The van der Waals surface area contributed by atoms with Crippen LogP contribution in [0.1, 0.15) is 34.8 Å². The zero-order valence-electron chi connectivity index (χ0n) is 17.3. The van der Waals surface area contributed by atoms with E-state index in [1.54, 1.807) is 15.9 Å². The minimum Gasteiger partial charge on any atom is -0.337 e. The number of hydrogen-bond acceptors (Lipinski definition) is 2. The van der Waals surface area contributed by atoms with E-state index in [2.05, 4.69) is 5.32 Å². The highest BCUT2D eigenvalue weighted by atomic mass is 19.1. The van der Waals surface area contributed by atoms with Gasteiger partial charge >= 0.3 is 6.03 Å². The lowest BCUT2D eigenvalue weighted by atomic mass is 10.0. The highest BCUT2D eigenvalue weighted by Crippen LogP contribution is 2.14. The number of carbonyl (C=O) groups is 2. The number of carbonyl (C=O) groups excluding carboxylic acids is 2. The zero-order chi connectivity index (χ0) is 21.7. The van der Waals surface area contributed by atoms with Crippen molar-refractivity contribution in [2.24, 2.45) is 0 Å². The van der Waals surface area contributed by atoms with Crippen LogP contribution in [0.25, 0.3) is 0 Å². The van der Waals surface area contributed by atoms with Gasteiger partial charge in [0.1, 0.15) is 11.6 Å². The summed E-state index contributed by atoms with van der Waals surface area (Å²) < 4.78 is 26.4. The Kier molecular flexibility index (Phi) is 7.03. The Hall–Kier alpha value is -2.96. The van der Waals surface area contributed by atoms with Gasteiger partial charge in [0, 0.05) is 37.8 Å². The van der Waals surface area contributed by atoms with Gasteiger partial charge in [-0.3, -0.25) is 4.79 Å². The van der Waals surface area contributed by atoms with E-state index in [-0.39, 0.29) is 29.6 Å². The van der Waals surface area contributed by atoms with Gasteiger partial charge < -0.3 is 15.1 Å². The summed E-state index contributed by atoms with van der Waals surface area (Å²) in [6, 6.07) is 9.89. The van der Waals surface area contributed by atoms with Crippen molar-refractivity contribution in [2.75, 3.05) is 26.2 Å². The maximum absolute atomic E-state index is 13.3. The first-order valence-electron chi connectivity index (χ1n) is 10.2. The van der Waals surface area contributed by atoms with E-state index < -0.39 is 0 Å². The second-order valence-electron chi connectivity index (χ2n) is 7.77. The summed E-state index contributed by atoms with van der Waals surface area (Å²) in [4.78, 5) is 28.7. The van der Waals surface area contributed by atoms with Crippen LogP contribution in [0.3, 0.4) is 0 Å². The van der Waals surface area contributed by atoms with Gasteiger partial charge in [-0.15, -0.1) is 0 Å². The predicted octanol–water partition coefficient (Wildman–Crippen LogP) is 3.76. The van der Waals surface area contributed by atoms with E-state index in [0.717, 1.165) is 11.1 Å². The Balaban J connectivity index is 1.53. The maximum atomic E-state index is 13.3. The van der Waals surface area contributed by atoms with Gasteiger partial charge in [0.2, 0.25) is 0 Å². The highest BCUT2D eigenvalue weighted by molar-refractivity contribution is 5.94. The monoisotopic (exact) mass is 415 g/mol. The highest BCUT2D eigenvalue weighted by Gasteiger charge is 2.23. The third-order valence-corrected chi connectivity index (χ3v) is 5.36. The van der Waals surface area contributed by atoms with Crippen molar-refractivity contribution < 1.29 is 18.4 Å². The molecule has 0 bridgehead atoms. The van der Waals surface area contributed by atoms with Crippen LogP contribution >= 0.6 is 0 Å². The number of aryl methyl sites for hydroxylation is 1. The summed E-state index contributed by atoms with van der Waals surface area (Å²) in [5, 5.41) is 3.00. The Morgan fingerprint density at radius 3 is 2.30 bits per heavy atom. The molecule has 2 aromatic carbocycles. The molecule has 1 saturated heterocycles. The first kappa shape index (κ1) is 21.7. The average molecular weight is 415 g/mol. The minimum atomic E-state index is -0.379. The Bertz CT molecular complexity index is 902. The first-order chi connectivity index (χ1) is 14.3. The molecule has 0 saturated carbocycles. The van der Waals surface area contributed by atoms with Gasteiger partial charge in [0.05, 0.1) is 0 Å². The van der Waals surface area contributed by atoms with Crippen LogP contribution in [0, 0.1) is 18.6 Å². The molecule has 2 aromatic rings. The van der Waals surface area contributed by atoms with E-state index in [1.807, 2.05) is 13.8 Å². The lowest BCUT2D eigenvalue weighted by Crippen LogP contribution is -2.46. The van der Waals surface area contributed by atoms with Gasteiger partial charge in [-0.2, -0.15) is 0 Å². The largest absolute Gasteiger partial charge is 0.337 e. The molecule has 0 spiro atoms. The number of rotatable bonds is 4. The van der Waals surface area contributed by atoms with Gasteiger partial charge in [-0.05, 0) is 74.2 Å². The summed E-state index contributed by atoms with van der Waals surface area (Å²) in [6.45, 7) is 5.74. The van der Waals surface area contributed by atoms with Gasteiger partial charge in [0.25, 0.3) is 5.91 Å². The second kappa shape index (κ2) is 9.69. The molecule has 0 aliphatic carbocycles. The minimum absolute atomic E-state index is 0.109. The first-order valence-corrected chi connectivity index (χ1v) is 10.2. The van der Waals surface area contributed by atoms with E-state index in [4.69, 9.17) is 0 Å². The molecule has 160 valence electrons. The van der Waals surface area contributed by atoms with Crippen molar-refractivity contribution in [3.63, 3.8) is 0 Å². The third kappa shape index (κ3) is 5.55. The fourth-order valence-electron chi connectivity index (χ4n) is 3.67. The summed E-state index contributed by atoms with van der Waals surface area (Å²) in [5.74, 6) is -0.801. The molecule has 1 atom stereocenters. The lowest BCUT2D eigenvalue weighted by Gasteiger charge is -2.24. The molecule has 1 aliphatic rings. The van der Waals surface area contributed by atoms with Crippen LogP contribution < -0.4 is 5.32 Å².